The molecule has 0 spiro atoms. The molecule has 0 radical (unpaired) electrons. The molecule has 1 unspecified atom stereocenters. The number of rotatable bonds is 4. The van der Waals surface area contributed by atoms with Crippen LogP contribution >= 0.6 is 0 Å². The largest absolute Gasteiger partial charge is 0.326 e. The molecule has 1 aromatic heterocycles. The van der Waals surface area contributed by atoms with Gasteiger partial charge in [0, 0.05) is 6.54 Å². The number of fused-ring (bicyclic) bond motifs is 1. The Balaban J connectivity index is 2.69. The second-order valence-corrected chi connectivity index (χ2v) is 4.99. The van der Waals surface area contributed by atoms with Gasteiger partial charge in [0.15, 0.2) is 0 Å². The second kappa shape index (κ2) is 4.69. The number of aryl methyl sites for hydroxylation is 1. The van der Waals surface area contributed by atoms with Gasteiger partial charge in [0.1, 0.15) is 11.6 Å². The van der Waals surface area contributed by atoms with Crippen LogP contribution in [-0.2, 0) is 12.1 Å². The van der Waals surface area contributed by atoms with Crippen molar-refractivity contribution in [3.63, 3.8) is 0 Å². The van der Waals surface area contributed by atoms with E-state index in [2.05, 4.69) is 11.9 Å². The summed E-state index contributed by atoms with van der Waals surface area (Å²) in [6.45, 7) is 6.91. The van der Waals surface area contributed by atoms with Crippen molar-refractivity contribution >= 4 is 11.0 Å². The highest BCUT2D eigenvalue weighted by molar-refractivity contribution is 5.76. The summed E-state index contributed by atoms with van der Waals surface area (Å²) >= 11 is 0. The van der Waals surface area contributed by atoms with Crippen LogP contribution in [0.15, 0.2) is 18.2 Å². The van der Waals surface area contributed by atoms with Crippen LogP contribution in [0.4, 0.5) is 4.39 Å². The lowest BCUT2D eigenvalue weighted by molar-refractivity contribution is 0.421. The van der Waals surface area contributed by atoms with E-state index in [1.54, 1.807) is 6.07 Å². The highest BCUT2D eigenvalue weighted by Crippen LogP contribution is 2.26. The van der Waals surface area contributed by atoms with Crippen LogP contribution in [0.3, 0.4) is 0 Å². The molecular formula is C14H20FN3. The van der Waals surface area contributed by atoms with Gasteiger partial charge in [-0.1, -0.05) is 13.8 Å². The van der Waals surface area contributed by atoms with Crippen molar-refractivity contribution in [1.82, 2.24) is 9.55 Å². The van der Waals surface area contributed by atoms with E-state index in [1.165, 1.54) is 12.1 Å². The predicted octanol–water partition coefficient (Wildman–Crippen LogP) is 3.17. The van der Waals surface area contributed by atoms with E-state index in [0.717, 1.165) is 36.2 Å². The molecule has 2 N–H and O–H groups in total. The first-order valence-corrected chi connectivity index (χ1v) is 6.44. The highest BCUT2D eigenvalue weighted by atomic mass is 19.1. The van der Waals surface area contributed by atoms with Crippen LogP contribution in [0.25, 0.3) is 11.0 Å². The van der Waals surface area contributed by atoms with Crippen LogP contribution < -0.4 is 5.73 Å². The van der Waals surface area contributed by atoms with Crippen molar-refractivity contribution in [2.24, 2.45) is 5.73 Å². The van der Waals surface area contributed by atoms with E-state index in [1.807, 2.05) is 18.4 Å². The monoisotopic (exact) mass is 249 g/mol. The molecule has 4 heteroatoms. The topological polar surface area (TPSA) is 43.8 Å². The number of benzene rings is 1. The molecule has 98 valence electrons. The van der Waals surface area contributed by atoms with E-state index < -0.39 is 5.54 Å². The fraction of sp³-hybridized carbons (Fsp3) is 0.500. The number of aromatic nitrogens is 2. The van der Waals surface area contributed by atoms with Crippen LogP contribution in [0, 0.1) is 5.82 Å². The number of nitrogens with zero attached hydrogens (tertiary/aromatic N) is 2. The van der Waals surface area contributed by atoms with Gasteiger partial charge >= 0.3 is 0 Å². The first-order valence-electron chi connectivity index (χ1n) is 6.44. The van der Waals surface area contributed by atoms with Crippen molar-refractivity contribution in [3.8, 4) is 0 Å². The Morgan fingerprint density at radius 3 is 2.72 bits per heavy atom. The molecule has 0 bridgehead atoms. The van der Waals surface area contributed by atoms with Gasteiger partial charge in [0.05, 0.1) is 16.6 Å². The smallest absolute Gasteiger partial charge is 0.129 e. The zero-order chi connectivity index (χ0) is 13.3. The lowest BCUT2D eigenvalue weighted by Crippen LogP contribution is -2.35. The summed E-state index contributed by atoms with van der Waals surface area (Å²) in [6.07, 6.45) is 1.76. The van der Waals surface area contributed by atoms with Crippen molar-refractivity contribution in [3.05, 3.63) is 29.8 Å². The first-order chi connectivity index (χ1) is 8.49. The van der Waals surface area contributed by atoms with Gasteiger partial charge in [-0.2, -0.15) is 0 Å². The Labute approximate surface area is 107 Å². The van der Waals surface area contributed by atoms with Crippen molar-refractivity contribution in [2.45, 2.75) is 45.7 Å². The van der Waals surface area contributed by atoms with Crippen molar-refractivity contribution in [1.29, 1.82) is 0 Å². The average Bonchev–Trinajstić information content (AvgIpc) is 2.69. The predicted molar refractivity (Wildman–Crippen MR) is 71.8 cm³/mol. The van der Waals surface area contributed by atoms with Gasteiger partial charge in [0.2, 0.25) is 0 Å². The molecule has 18 heavy (non-hydrogen) atoms. The summed E-state index contributed by atoms with van der Waals surface area (Å²) in [6, 6.07) is 4.69. The minimum Gasteiger partial charge on any atom is -0.326 e. The first kappa shape index (κ1) is 13.0. The number of imidazole rings is 1. The number of hydrogen-bond acceptors (Lipinski definition) is 2. The maximum Gasteiger partial charge on any atom is 0.129 e. The van der Waals surface area contributed by atoms with Crippen LogP contribution in [0.5, 0.6) is 0 Å². The van der Waals surface area contributed by atoms with Crippen LogP contribution in [0.1, 0.15) is 39.4 Å². The van der Waals surface area contributed by atoms with Gasteiger partial charge in [-0.15, -0.1) is 0 Å². The van der Waals surface area contributed by atoms with Crippen LogP contribution in [0.2, 0.25) is 0 Å². The lowest BCUT2D eigenvalue weighted by Gasteiger charge is -2.23. The molecule has 0 aliphatic heterocycles. The summed E-state index contributed by atoms with van der Waals surface area (Å²) in [5, 5.41) is 0. The molecule has 1 atom stereocenters. The van der Waals surface area contributed by atoms with Crippen LogP contribution in [-0.4, -0.2) is 9.55 Å². The Bertz CT molecular complexity index is 557. The summed E-state index contributed by atoms with van der Waals surface area (Å²) in [5.74, 6) is 0.606. The number of halogens is 1. The van der Waals surface area contributed by atoms with Gasteiger partial charge in [-0.3, -0.25) is 0 Å². The summed E-state index contributed by atoms with van der Waals surface area (Å²) in [4.78, 5) is 4.59. The quantitative estimate of drug-likeness (QED) is 0.904. The summed E-state index contributed by atoms with van der Waals surface area (Å²) in [5.41, 5.74) is 7.45. The molecule has 0 aliphatic rings. The Hall–Kier alpha value is -1.42. The molecule has 0 saturated carbocycles. The molecule has 2 aromatic rings. The molecular weight excluding hydrogens is 229 g/mol. The zero-order valence-corrected chi connectivity index (χ0v) is 11.2. The van der Waals surface area contributed by atoms with E-state index in [4.69, 9.17) is 5.73 Å². The molecule has 0 fully saturated rings. The molecule has 0 aliphatic carbocycles. The third-order valence-corrected chi connectivity index (χ3v) is 3.40. The SMILES string of the molecule is CCCn1c(C(C)(N)CC)nc2ccc(F)cc21. The van der Waals surface area contributed by atoms with Gasteiger partial charge in [-0.25, -0.2) is 9.37 Å². The van der Waals surface area contributed by atoms with E-state index in [-0.39, 0.29) is 5.82 Å². The molecule has 1 heterocycles. The fourth-order valence-corrected chi connectivity index (χ4v) is 2.14. The fourth-order valence-electron chi connectivity index (χ4n) is 2.14. The van der Waals surface area contributed by atoms with Crippen molar-refractivity contribution < 1.29 is 4.39 Å². The molecule has 0 saturated heterocycles. The summed E-state index contributed by atoms with van der Waals surface area (Å²) < 4.78 is 15.4. The third kappa shape index (κ3) is 2.12. The minimum absolute atomic E-state index is 0.235. The van der Waals surface area contributed by atoms with E-state index in [9.17, 15) is 4.39 Å². The second-order valence-electron chi connectivity index (χ2n) is 4.99. The molecule has 0 amide bonds. The summed E-state index contributed by atoms with van der Waals surface area (Å²) in [7, 11) is 0. The average molecular weight is 249 g/mol. The van der Waals surface area contributed by atoms with Gasteiger partial charge in [0.25, 0.3) is 0 Å². The normalized spacial score (nSPS) is 14.9. The Morgan fingerprint density at radius 1 is 1.39 bits per heavy atom. The Morgan fingerprint density at radius 2 is 2.11 bits per heavy atom. The zero-order valence-electron chi connectivity index (χ0n) is 11.2. The maximum absolute atomic E-state index is 13.4. The minimum atomic E-state index is -0.481. The molecule has 1 aromatic carbocycles. The standard InChI is InChI=1S/C14H20FN3/c1-4-8-18-12-9-10(15)6-7-11(12)17-13(18)14(3,16)5-2/h6-7,9H,4-5,8,16H2,1-3H3. The molecule has 2 rings (SSSR count). The maximum atomic E-state index is 13.4. The van der Waals surface area contributed by atoms with Crippen molar-refractivity contribution in [2.75, 3.05) is 0 Å². The highest BCUT2D eigenvalue weighted by Gasteiger charge is 2.26. The molecule has 3 nitrogen and oxygen atoms in total. The number of hydrogen-bond donors (Lipinski definition) is 1. The van der Waals surface area contributed by atoms with E-state index >= 15 is 0 Å². The Kier molecular flexibility index (Phi) is 3.39. The third-order valence-electron chi connectivity index (χ3n) is 3.40. The van der Waals surface area contributed by atoms with Gasteiger partial charge < -0.3 is 10.3 Å². The lowest BCUT2D eigenvalue weighted by atomic mass is 9.99. The van der Waals surface area contributed by atoms with Gasteiger partial charge in [-0.05, 0) is 38.0 Å². The number of nitrogens with two attached hydrogens (primary N) is 1. The van der Waals surface area contributed by atoms with E-state index in [0.29, 0.717) is 0 Å².